The third-order valence-electron chi connectivity index (χ3n) is 3.75. The van der Waals surface area contributed by atoms with Gasteiger partial charge in [-0.1, -0.05) is 5.16 Å². The van der Waals surface area contributed by atoms with Crippen molar-refractivity contribution in [1.82, 2.24) is 24.9 Å². The van der Waals surface area contributed by atoms with E-state index in [-0.39, 0.29) is 28.3 Å². The summed E-state index contributed by atoms with van der Waals surface area (Å²) in [4.78, 5) is 7.43. The second-order valence-corrected chi connectivity index (χ2v) is 5.46. The van der Waals surface area contributed by atoms with Crippen LogP contribution in [0.5, 0.6) is 0 Å². The van der Waals surface area contributed by atoms with Gasteiger partial charge in [-0.2, -0.15) is 18.3 Å². The Hall–Kier alpha value is -3.56. The summed E-state index contributed by atoms with van der Waals surface area (Å²) in [6, 6.07) is 5.51. The highest BCUT2D eigenvalue weighted by Crippen LogP contribution is 2.39. The number of pyridine rings is 2. The molecule has 0 aliphatic rings. The van der Waals surface area contributed by atoms with Crippen LogP contribution in [0, 0.1) is 5.82 Å². The second-order valence-electron chi connectivity index (χ2n) is 5.46. The van der Waals surface area contributed by atoms with E-state index in [2.05, 4.69) is 20.2 Å². The summed E-state index contributed by atoms with van der Waals surface area (Å²) >= 11 is 0. The summed E-state index contributed by atoms with van der Waals surface area (Å²) in [5, 5.41) is 7.48. The standard InChI is InChI=1S/C17H9F4N5O/c18-13-9-23-5-3-11(13)14-6-15(27-25-14)12-8-24-26(16(12)17(19,20)21)10-2-1-4-22-7-10/h1-9H. The molecule has 0 aliphatic carbocycles. The molecular formula is C17H9F4N5O. The molecule has 0 unspecified atom stereocenters. The average Bonchev–Trinajstić information content (AvgIpc) is 3.29. The number of aromatic nitrogens is 5. The fourth-order valence-corrected chi connectivity index (χ4v) is 2.59. The van der Waals surface area contributed by atoms with Gasteiger partial charge < -0.3 is 4.52 Å². The van der Waals surface area contributed by atoms with Gasteiger partial charge in [0.05, 0.1) is 29.8 Å². The van der Waals surface area contributed by atoms with Crippen molar-refractivity contribution in [3.8, 4) is 28.3 Å². The van der Waals surface area contributed by atoms with Crippen LogP contribution < -0.4 is 0 Å². The van der Waals surface area contributed by atoms with Gasteiger partial charge >= 0.3 is 6.18 Å². The largest absolute Gasteiger partial charge is 0.434 e. The number of halogens is 4. The van der Waals surface area contributed by atoms with E-state index in [0.29, 0.717) is 0 Å². The smallest absolute Gasteiger partial charge is 0.356 e. The first-order valence-corrected chi connectivity index (χ1v) is 7.58. The minimum atomic E-state index is -4.73. The van der Waals surface area contributed by atoms with Crippen LogP contribution in [0.2, 0.25) is 0 Å². The predicted molar refractivity (Wildman–Crippen MR) is 85.0 cm³/mol. The molecule has 0 N–H and O–H groups in total. The number of nitrogens with zero attached hydrogens (tertiary/aromatic N) is 5. The van der Waals surface area contributed by atoms with Crippen molar-refractivity contribution in [2.75, 3.05) is 0 Å². The zero-order valence-electron chi connectivity index (χ0n) is 13.4. The van der Waals surface area contributed by atoms with Gasteiger partial charge in [-0.05, 0) is 18.2 Å². The maximum absolute atomic E-state index is 13.8. The molecule has 0 saturated heterocycles. The van der Waals surface area contributed by atoms with Gasteiger partial charge in [0, 0.05) is 24.0 Å². The molecule has 0 amide bonds. The van der Waals surface area contributed by atoms with Crippen molar-refractivity contribution < 1.29 is 22.1 Å². The SMILES string of the molecule is Fc1cnccc1-c1cc(-c2cnn(-c3cccnc3)c2C(F)(F)F)on1. The summed E-state index contributed by atoms with van der Waals surface area (Å²) in [6.07, 6.45) is 1.30. The lowest BCUT2D eigenvalue weighted by molar-refractivity contribution is -0.142. The minimum absolute atomic E-state index is 0.0483. The van der Waals surface area contributed by atoms with Crippen LogP contribution in [0.4, 0.5) is 17.6 Å². The third-order valence-corrected chi connectivity index (χ3v) is 3.75. The van der Waals surface area contributed by atoms with Gasteiger partial charge in [-0.3, -0.25) is 9.97 Å². The first kappa shape index (κ1) is 16.9. The molecule has 4 heterocycles. The molecule has 4 aromatic rings. The Labute approximate surface area is 149 Å². The predicted octanol–water partition coefficient (Wildman–Crippen LogP) is 4.14. The maximum atomic E-state index is 13.8. The lowest BCUT2D eigenvalue weighted by atomic mass is 10.1. The number of hydrogen-bond donors (Lipinski definition) is 0. The van der Waals surface area contributed by atoms with E-state index in [0.717, 1.165) is 17.1 Å². The summed E-state index contributed by atoms with van der Waals surface area (Å²) in [7, 11) is 0. The number of hydrogen-bond acceptors (Lipinski definition) is 5. The Balaban J connectivity index is 1.84. The van der Waals surface area contributed by atoms with E-state index in [4.69, 9.17) is 4.52 Å². The van der Waals surface area contributed by atoms with Gasteiger partial charge in [-0.25, -0.2) is 9.07 Å². The Kier molecular flexibility index (Phi) is 3.94. The second kappa shape index (κ2) is 6.31. The summed E-state index contributed by atoms with van der Waals surface area (Å²) in [6.45, 7) is 0. The van der Waals surface area contributed by atoms with Crippen LogP contribution in [0.15, 0.2) is 59.8 Å². The van der Waals surface area contributed by atoms with E-state index < -0.39 is 17.7 Å². The summed E-state index contributed by atoms with van der Waals surface area (Å²) in [5.41, 5.74) is -1.12. The van der Waals surface area contributed by atoms with Gasteiger partial charge in [0.2, 0.25) is 0 Å². The minimum Gasteiger partial charge on any atom is -0.356 e. The molecule has 6 nitrogen and oxygen atoms in total. The van der Waals surface area contributed by atoms with Gasteiger partial charge in [0.15, 0.2) is 17.3 Å². The van der Waals surface area contributed by atoms with Crippen molar-refractivity contribution in [3.63, 3.8) is 0 Å². The molecule has 0 spiro atoms. The number of alkyl halides is 3. The molecular weight excluding hydrogens is 366 g/mol. The Morgan fingerprint density at radius 1 is 0.963 bits per heavy atom. The Morgan fingerprint density at radius 2 is 1.78 bits per heavy atom. The van der Waals surface area contributed by atoms with E-state index in [1.807, 2.05) is 0 Å². The van der Waals surface area contributed by atoms with E-state index in [9.17, 15) is 17.6 Å². The maximum Gasteiger partial charge on any atom is 0.434 e. The van der Waals surface area contributed by atoms with E-state index in [1.165, 1.54) is 42.9 Å². The van der Waals surface area contributed by atoms with Crippen LogP contribution in [0.25, 0.3) is 28.3 Å². The zero-order valence-corrected chi connectivity index (χ0v) is 13.4. The highest BCUT2D eigenvalue weighted by atomic mass is 19.4. The molecule has 0 aliphatic heterocycles. The molecule has 4 aromatic heterocycles. The molecule has 0 fully saturated rings. The average molecular weight is 375 g/mol. The molecule has 27 heavy (non-hydrogen) atoms. The molecule has 0 aromatic carbocycles. The van der Waals surface area contributed by atoms with Crippen molar-refractivity contribution in [1.29, 1.82) is 0 Å². The van der Waals surface area contributed by atoms with Crippen molar-refractivity contribution in [2.24, 2.45) is 0 Å². The quantitative estimate of drug-likeness (QED) is 0.504. The third kappa shape index (κ3) is 3.05. The topological polar surface area (TPSA) is 69.6 Å². The molecule has 0 bridgehead atoms. The summed E-state index contributed by atoms with van der Waals surface area (Å²) in [5.74, 6) is -0.858. The van der Waals surface area contributed by atoms with Crippen molar-refractivity contribution in [3.05, 3.63) is 66.8 Å². The highest BCUT2D eigenvalue weighted by Gasteiger charge is 2.40. The van der Waals surface area contributed by atoms with Crippen molar-refractivity contribution in [2.45, 2.75) is 6.18 Å². The Morgan fingerprint density at radius 3 is 2.48 bits per heavy atom. The number of rotatable bonds is 3. The molecule has 10 heteroatoms. The zero-order chi connectivity index (χ0) is 19.0. The first-order chi connectivity index (χ1) is 12.9. The van der Waals surface area contributed by atoms with Crippen LogP contribution >= 0.6 is 0 Å². The molecule has 4 rings (SSSR count). The first-order valence-electron chi connectivity index (χ1n) is 7.58. The van der Waals surface area contributed by atoms with Gasteiger partial charge in [0.25, 0.3) is 0 Å². The monoisotopic (exact) mass is 375 g/mol. The van der Waals surface area contributed by atoms with E-state index in [1.54, 1.807) is 0 Å². The molecule has 0 radical (unpaired) electrons. The van der Waals surface area contributed by atoms with Crippen LogP contribution in [0.1, 0.15) is 5.69 Å². The lowest BCUT2D eigenvalue weighted by Crippen LogP contribution is -2.14. The normalized spacial score (nSPS) is 11.7. The van der Waals surface area contributed by atoms with Crippen LogP contribution in [0.3, 0.4) is 0 Å². The molecule has 136 valence electrons. The fourth-order valence-electron chi connectivity index (χ4n) is 2.59. The van der Waals surface area contributed by atoms with Crippen LogP contribution in [-0.4, -0.2) is 24.9 Å². The Bertz CT molecular complexity index is 1090. The molecule has 0 saturated carbocycles. The summed E-state index contributed by atoms with van der Waals surface area (Å²) < 4.78 is 60.7. The van der Waals surface area contributed by atoms with Gasteiger partial charge in [0.1, 0.15) is 5.69 Å². The molecule has 0 atom stereocenters. The lowest BCUT2D eigenvalue weighted by Gasteiger charge is -2.11. The van der Waals surface area contributed by atoms with Crippen LogP contribution in [-0.2, 0) is 6.18 Å². The van der Waals surface area contributed by atoms with Crippen molar-refractivity contribution >= 4 is 0 Å². The fraction of sp³-hybridized carbons (Fsp3) is 0.0588. The van der Waals surface area contributed by atoms with Gasteiger partial charge in [-0.15, -0.1) is 0 Å². The van der Waals surface area contributed by atoms with E-state index >= 15 is 0 Å². The highest BCUT2D eigenvalue weighted by molar-refractivity contribution is 5.68.